The molecule has 8 atom stereocenters. The minimum Gasteiger partial charge on any atom is -0.390 e. The molecule has 5 rings (SSSR count). The van der Waals surface area contributed by atoms with E-state index < -0.39 is 5.60 Å². The number of nitriles is 1. The number of ether oxygens (including phenoxy) is 1. The quantitative estimate of drug-likeness (QED) is 0.652. The minimum atomic E-state index is -0.542. The summed E-state index contributed by atoms with van der Waals surface area (Å²) in [5.74, 6) is 2.80. The molecular weight excluding hydrogens is 426 g/mol. The Morgan fingerprint density at radius 1 is 1.21 bits per heavy atom. The maximum Gasteiger partial charge on any atom is 0.157 e. The number of aromatic nitrogens is 2. The molecule has 6 nitrogen and oxygen atoms in total. The summed E-state index contributed by atoms with van der Waals surface area (Å²) in [6.07, 6.45) is 12.9. The van der Waals surface area contributed by atoms with Gasteiger partial charge in [0.15, 0.2) is 5.78 Å². The largest absolute Gasteiger partial charge is 0.390 e. The molecule has 4 aliphatic rings. The molecule has 0 bridgehead atoms. The fourth-order valence-electron chi connectivity index (χ4n) is 9.11. The first-order chi connectivity index (χ1) is 16.2. The second-order valence-corrected chi connectivity index (χ2v) is 12.4. The van der Waals surface area contributed by atoms with Crippen LogP contribution >= 0.6 is 0 Å². The Bertz CT molecular complexity index is 964. The Kier molecular flexibility index (Phi) is 6.18. The van der Waals surface area contributed by atoms with Gasteiger partial charge in [-0.3, -0.25) is 9.48 Å². The number of hydrogen-bond acceptors (Lipinski definition) is 5. The number of rotatable bonds is 6. The van der Waals surface area contributed by atoms with E-state index in [-0.39, 0.29) is 29.1 Å². The molecule has 186 valence electrons. The van der Waals surface area contributed by atoms with Gasteiger partial charge in [0, 0.05) is 18.7 Å². The molecule has 4 saturated carbocycles. The summed E-state index contributed by atoms with van der Waals surface area (Å²) in [5.41, 5.74) is 0.210. The number of ketones is 1. The van der Waals surface area contributed by atoms with Crippen LogP contribution in [-0.2, 0) is 16.1 Å². The van der Waals surface area contributed by atoms with Crippen LogP contribution in [0.15, 0.2) is 12.4 Å². The molecule has 0 radical (unpaired) electrons. The molecule has 0 aliphatic heterocycles. The Labute approximate surface area is 204 Å². The first kappa shape index (κ1) is 24.0. The molecule has 0 spiro atoms. The van der Waals surface area contributed by atoms with Crippen LogP contribution in [0.1, 0.15) is 84.1 Å². The Hall–Kier alpha value is -1.71. The number of aliphatic hydroxyl groups is 1. The van der Waals surface area contributed by atoms with Crippen LogP contribution in [0.25, 0.3) is 0 Å². The molecule has 6 heteroatoms. The topological polar surface area (TPSA) is 88.1 Å². The van der Waals surface area contributed by atoms with Crippen LogP contribution in [0.4, 0.5) is 0 Å². The molecule has 1 aromatic rings. The van der Waals surface area contributed by atoms with Gasteiger partial charge in [0.05, 0.1) is 30.5 Å². The van der Waals surface area contributed by atoms with E-state index in [0.29, 0.717) is 29.2 Å². The molecule has 1 aromatic heterocycles. The number of Topliss-reactive ketones (excluding diaryl/α,β-unsaturated/α-hetero) is 1. The van der Waals surface area contributed by atoms with Gasteiger partial charge in [-0.15, -0.1) is 0 Å². The maximum atomic E-state index is 13.4. The number of fused-ring (bicyclic) bond motifs is 5. The smallest absolute Gasteiger partial charge is 0.157 e. The van der Waals surface area contributed by atoms with Crippen LogP contribution in [0.3, 0.4) is 0 Å². The Balaban J connectivity index is 1.36. The van der Waals surface area contributed by atoms with E-state index in [1.165, 1.54) is 25.5 Å². The van der Waals surface area contributed by atoms with Crippen molar-refractivity contribution in [2.45, 2.75) is 90.7 Å². The van der Waals surface area contributed by atoms with Crippen molar-refractivity contribution in [2.24, 2.45) is 40.4 Å². The normalized spacial score (nSPS) is 43.4. The number of carbonyl (C=O) groups is 1. The third kappa shape index (κ3) is 3.84. The molecular formula is C28H41N3O3. The summed E-state index contributed by atoms with van der Waals surface area (Å²) in [6.45, 7) is 8.36. The fourth-order valence-corrected chi connectivity index (χ4v) is 9.11. The lowest BCUT2D eigenvalue weighted by atomic mass is 9.43. The van der Waals surface area contributed by atoms with E-state index in [2.05, 4.69) is 25.0 Å². The van der Waals surface area contributed by atoms with Crippen molar-refractivity contribution in [2.75, 3.05) is 13.2 Å². The van der Waals surface area contributed by atoms with Crippen molar-refractivity contribution < 1.29 is 14.6 Å². The zero-order valence-corrected chi connectivity index (χ0v) is 21.1. The van der Waals surface area contributed by atoms with Crippen molar-refractivity contribution in [1.82, 2.24) is 9.78 Å². The van der Waals surface area contributed by atoms with Gasteiger partial charge in [-0.25, -0.2) is 0 Å². The van der Waals surface area contributed by atoms with Gasteiger partial charge in [-0.2, -0.15) is 10.4 Å². The predicted octanol–water partition coefficient (Wildman–Crippen LogP) is 4.75. The average Bonchev–Trinajstić information content (AvgIpc) is 3.40. The van der Waals surface area contributed by atoms with Crippen molar-refractivity contribution in [3.05, 3.63) is 18.0 Å². The highest BCUT2D eigenvalue weighted by Crippen LogP contribution is 2.68. The first-order valence-electron chi connectivity index (χ1n) is 13.5. The number of nitrogens with zero attached hydrogens (tertiary/aromatic N) is 3. The lowest BCUT2D eigenvalue weighted by Gasteiger charge is -2.62. The molecule has 0 aromatic carbocycles. The molecule has 1 heterocycles. The summed E-state index contributed by atoms with van der Waals surface area (Å²) in [4.78, 5) is 13.4. The van der Waals surface area contributed by atoms with Gasteiger partial charge < -0.3 is 9.84 Å². The maximum absolute atomic E-state index is 13.4. The molecule has 4 aliphatic carbocycles. The van der Waals surface area contributed by atoms with E-state index in [4.69, 9.17) is 10.00 Å². The van der Waals surface area contributed by atoms with Gasteiger partial charge >= 0.3 is 0 Å². The highest BCUT2D eigenvalue weighted by molar-refractivity contribution is 5.82. The lowest BCUT2D eigenvalue weighted by molar-refractivity contribution is -0.178. The van der Waals surface area contributed by atoms with Crippen LogP contribution in [0, 0.1) is 51.8 Å². The van der Waals surface area contributed by atoms with Crippen molar-refractivity contribution in [3.63, 3.8) is 0 Å². The SMILES string of the molecule is CCOCC12CCC(C)(O)CC1CCC1C3CCC(C(=O)Cn4cc(C#N)cn4)C3(C)CCC12. The number of carbonyl (C=O) groups excluding carboxylic acids is 1. The van der Waals surface area contributed by atoms with Crippen LogP contribution in [-0.4, -0.2) is 39.5 Å². The predicted molar refractivity (Wildman–Crippen MR) is 129 cm³/mol. The molecule has 0 saturated heterocycles. The van der Waals surface area contributed by atoms with Gasteiger partial charge in [0.25, 0.3) is 0 Å². The van der Waals surface area contributed by atoms with Gasteiger partial charge in [0.2, 0.25) is 0 Å². The van der Waals surface area contributed by atoms with Crippen molar-refractivity contribution >= 4 is 5.78 Å². The van der Waals surface area contributed by atoms with Crippen LogP contribution in [0.5, 0.6) is 0 Å². The summed E-state index contributed by atoms with van der Waals surface area (Å²) in [7, 11) is 0. The van der Waals surface area contributed by atoms with Crippen molar-refractivity contribution in [1.29, 1.82) is 5.26 Å². The highest BCUT2D eigenvalue weighted by Gasteiger charge is 2.63. The number of hydrogen-bond donors (Lipinski definition) is 1. The first-order valence-corrected chi connectivity index (χ1v) is 13.5. The molecule has 34 heavy (non-hydrogen) atoms. The van der Waals surface area contributed by atoms with Crippen molar-refractivity contribution in [3.8, 4) is 6.07 Å². The molecule has 4 fully saturated rings. The summed E-state index contributed by atoms with van der Waals surface area (Å²) in [5, 5.41) is 24.2. The van der Waals surface area contributed by atoms with Gasteiger partial charge in [-0.1, -0.05) is 6.92 Å². The lowest BCUT2D eigenvalue weighted by Crippen LogP contribution is -2.58. The van der Waals surface area contributed by atoms with Crippen LogP contribution < -0.4 is 0 Å². The van der Waals surface area contributed by atoms with Gasteiger partial charge in [0.1, 0.15) is 6.07 Å². The van der Waals surface area contributed by atoms with E-state index >= 15 is 0 Å². The van der Waals surface area contributed by atoms with E-state index in [1.807, 2.05) is 6.92 Å². The third-order valence-corrected chi connectivity index (χ3v) is 10.7. The monoisotopic (exact) mass is 467 g/mol. The summed E-state index contributed by atoms with van der Waals surface area (Å²) < 4.78 is 7.79. The second kappa shape index (κ2) is 8.75. The standard InChI is InChI=1S/C28H41N3O3/c1-4-34-18-28-12-11-26(2,33)13-20(28)5-6-21-22-7-8-24(27(22,3)10-9-23(21)28)25(32)17-31-16-19(14-29)15-30-31/h15-16,20-24,33H,4-13,17-18H2,1-3H3. The highest BCUT2D eigenvalue weighted by atomic mass is 16.5. The molecule has 1 N–H and O–H groups in total. The third-order valence-electron chi connectivity index (χ3n) is 10.7. The van der Waals surface area contributed by atoms with E-state index in [1.54, 1.807) is 10.9 Å². The summed E-state index contributed by atoms with van der Waals surface area (Å²) >= 11 is 0. The molecule has 0 amide bonds. The second-order valence-electron chi connectivity index (χ2n) is 12.4. The summed E-state index contributed by atoms with van der Waals surface area (Å²) in [6, 6.07) is 2.10. The fraction of sp³-hybridized carbons (Fsp3) is 0.821. The Morgan fingerprint density at radius 3 is 2.76 bits per heavy atom. The Morgan fingerprint density at radius 2 is 2.03 bits per heavy atom. The van der Waals surface area contributed by atoms with E-state index in [9.17, 15) is 9.90 Å². The zero-order chi connectivity index (χ0) is 24.1. The minimum absolute atomic E-state index is 0.0588. The average molecular weight is 468 g/mol. The van der Waals surface area contributed by atoms with E-state index in [0.717, 1.165) is 51.7 Å². The zero-order valence-electron chi connectivity index (χ0n) is 21.1. The van der Waals surface area contributed by atoms with Gasteiger partial charge in [-0.05, 0) is 106 Å². The molecule has 8 unspecified atom stereocenters. The van der Waals surface area contributed by atoms with Crippen LogP contribution in [0.2, 0.25) is 0 Å².